The molecule has 0 radical (unpaired) electrons. The molecule has 2 amide bonds. The van der Waals surface area contributed by atoms with Crippen LogP contribution in [0.15, 0.2) is 48.5 Å². The summed E-state index contributed by atoms with van der Waals surface area (Å²) in [6.45, 7) is 3.89. The van der Waals surface area contributed by atoms with Crippen LogP contribution in [0, 0.1) is 0 Å². The van der Waals surface area contributed by atoms with Crippen LogP contribution in [0.5, 0.6) is 0 Å². The van der Waals surface area contributed by atoms with Gasteiger partial charge in [0.25, 0.3) is 0 Å². The van der Waals surface area contributed by atoms with E-state index in [1.54, 1.807) is 0 Å². The Morgan fingerprint density at radius 3 is 2.24 bits per heavy atom. The van der Waals surface area contributed by atoms with E-state index in [9.17, 15) is 9.59 Å². The second kappa shape index (κ2) is 13.3. The highest BCUT2D eigenvalue weighted by molar-refractivity contribution is 6.30. The second-order valence-electron chi connectivity index (χ2n) is 11.1. The fraction of sp³-hybridized carbons (Fsp3) is 0.533. The third-order valence-electron chi connectivity index (χ3n) is 8.26. The van der Waals surface area contributed by atoms with E-state index in [0.717, 1.165) is 61.8 Å². The van der Waals surface area contributed by atoms with Gasteiger partial charge in [0.05, 0.1) is 0 Å². The van der Waals surface area contributed by atoms with Gasteiger partial charge in [0.2, 0.25) is 11.8 Å². The number of halogens is 2. The van der Waals surface area contributed by atoms with Crippen LogP contribution in [0.4, 0.5) is 0 Å². The van der Waals surface area contributed by atoms with Crippen LogP contribution < -0.4 is 5.32 Å². The molecule has 0 aromatic heterocycles. The normalized spacial score (nSPS) is 22.4. The number of hydrogen-bond acceptors (Lipinski definition) is 4. The van der Waals surface area contributed by atoms with Gasteiger partial charge < -0.3 is 15.1 Å². The minimum absolute atomic E-state index is 0.0157. The molecule has 4 rings (SSSR count). The third-order valence-corrected chi connectivity index (χ3v) is 8.75. The topological polar surface area (TPSA) is 55.9 Å². The van der Waals surface area contributed by atoms with Gasteiger partial charge >= 0.3 is 0 Å². The molecule has 0 bridgehead atoms. The molecule has 0 spiro atoms. The second-order valence-corrected chi connectivity index (χ2v) is 11.9. The maximum atomic E-state index is 12.8. The predicted octanol–water partition coefficient (Wildman–Crippen LogP) is 5.02. The van der Waals surface area contributed by atoms with Gasteiger partial charge in [-0.05, 0) is 81.6 Å². The minimum atomic E-state index is -0.0157. The lowest BCUT2D eigenvalue weighted by atomic mass is 9.75. The summed E-state index contributed by atoms with van der Waals surface area (Å²) in [7, 11) is 4.30. The van der Waals surface area contributed by atoms with E-state index in [1.165, 1.54) is 11.1 Å². The number of piperazine rings is 1. The number of carbonyl (C=O) groups excluding carboxylic acids is 2. The molecule has 2 fully saturated rings. The van der Waals surface area contributed by atoms with Gasteiger partial charge in [0.1, 0.15) is 0 Å². The molecule has 1 heterocycles. The number of rotatable bonds is 9. The Labute approximate surface area is 237 Å². The van der Waals surface area contributed by atoms with Crippen molar-refractivity contribution in [2.75, 3.05) is 40.3 Å². The first-order valence-corrected chi connectivity index (χ1v) is 14.4. The zero-order valence-electron chi connectivity index (χ0n) is 22.6. The summed E-state index contributed by atoms with van der Waals surface area (Å²) in [6.07, 6.45) is 5.42. The summed E-state index contributed by atoms with van der Waals surface area (Å²) in [5, 5.41) is 4.71. The molecule has 1 saturated carbocycles. The van der Waals surface area contributed by atoms with E-state index in [4.69, 9.17) is 23.2 Å². The van der Waals surface area contributed by atoms with Crippen LogP contribution in [0.1, 0.15) is 49.7 Å². The van der Waals surface area contributed by atoms with Gasteiger partial charge in [0.15, 0.2) is 0 Å². The molecule has 1 aliphatic heterocycles. The zero-order chi connectivity index (χ0) is 27.1. The number of hydrogen-bond donors (Lipinski definition) is 1. The number of nitrogens with zero attached hydrogens (tertiary/aromatic N) is 3. The first-order valence-electron chi connectivity index (χ1n) is 13.7. The molecule has 0 unspecified atom stereocenters. The maximum absolute atomic E-state index is 12.8. The molecule has 2 aromatic rings. The van der Waals surface area contributed by atoms with Crippen molar-refractivity contribution in [3.05, 3.63) is 69.7 Å². The van der Waals surface area contributed by atoms with Crippen molar-refractivity contribution < 1.29 is 9.59 Å². The summed E-state index contributed by atoms with van der Waals surface area (Å²) >= 11 is 12.2. The van der Waals surface area contributed by atoms with Gasteiger partial charge in [-0.3, -0.25) is 14.5 Å². The standard InChI is InChI=1S/C30H40Cl2N4O2/c1-34(2)30(21-23-6-8-25(31)9-7-23)14-12-27(13-15-30)33-28(37)10-11-29(38)36-18-16-35(17-19-36)22-24-4-3-5-26(32)20-24/h3-9,20,27H,10-19,21-22H2,1-2H3,(H,33,37). The van der Waals surface area contributed by atoms with Crippen LogP contribution in [-0.2, 0) is 22.6 Å². The molecule has 38 heavy (non-hydrogen) atoms. The van der Waals surface area contributed by atoms with E-state index >= 15 is 0 Å². The number of nitrogens with one attached hydrogen (secondary N) is 1. The summed E-state index contributed by atoms with van der Waals surface area (Å²) in [5.74, 6) is 0.0544. The van der Waals surface area contributed by atoms with Crippen LogP contribution in [0.2, 0.25) is 10.0 Å². The van der Waals surface area contributed by atoms with E-state index < -0.39 is 0 Å². The molecule has 2 aliphatic rings. The highest BCUT2D eigenvalue weighted by atomic mass is 35.5. The Morgan fingerprint density at radius 1 is 0.921 bits per heavy atom. The van der Waals surface area contributed by atoms with E-state index in [-0.39, 0.29) is 36.2 Å². The number of likely N-dealkylation sites (N-methyl/N-ethyl adjacent to an activating group) is 1. The van der Waals surface area contributed by atoms with Crippen LogP contribution in [0.3, 0.4) is 0 Å². The fourth-order valence-corrected chi connectivity index (χ4v) is 6.13. The molecule has 1 N–H and O–H groups in total. The lowest BCUT2D eigenvalue weighted by Crippen LogP contribution is -2.52. The third kappa shape index (κ3) is 7.95. The Morgan fingerprint density at radius 2 is 1.61 bits per heavy atom. The van der Waals surface area contributed by atoms with Gasteiger partial charge in [-0.2, -0.15) is 0 Å². The van der Waals surface area contributed by atoms with Gasteiger partial charge in [-0.1, -0.05) is 47.5 Å². The smallest absolute Gasteiger partial charge is 0.223 e. The summed E-state index contributed by atoms with van der Waals surface area (Å²) in [6, 6.07) is 16.2. The Bertz CT molecular complexity index is 1080. The highest BCUT2D eigenvalue weighted by Gasteiger charge is 2.37. The molecule has 1 saturated heterocycles. The van der Waals surface area contributed by atoms with Crippen LogP contribution in [0.25, 0.3) is 0 Å². The number of benzene rings is 2. The van der Waals surface area contributed by atoms with Crippen molar-refractivity contribution in [1.82, 2.24) is 20.0 Å². The average molecular weight is 560 g/mol. The zero-order valence-corrected chi connectivity index (χ0v) is 24.1. The molecule has 1 aliphatic carbocycles. The van der Waals surface area contributed by atoms with E-state index in [0.29, 0.717) is 13.1 Å². The SMILES string of the molecule is CN(C)C1(Cc2ccc(Cl)cc2)CCC(NC(=O)CCC(=O)N2CCN(Cc3cccc(Cl)c3)CC2)CC1. The quantitative estimate of drug-likeness (QED) is 0.469. The van der Waals surface area contributed by atoms with Crippen molar-refractivity contribution in [3.63, 3.8) is 0 Å². The monoisotopic (exact) mass is 558 g/mol. The van der Waals surface area contributed by atoms with Crippen molar-refractivity contribution in [2.24, 2.45) is 0 Å². The summed E-state index contributed by atoms with van der Waals surface area (Å²) < 4.78 is 0. The lowest BCUT2D eigenvalue weighted by Gasteiger charge is -2.45. The summed E-state index contributed by atoms with van der Waals surface area (Å²) in [4.78, 5) is 32.0. The predicted molar refractivity (Wildman–Crippen MR) is 155 cm³/mol. The molecule has 2 aromatic carbocycles. The van der Waals surface area contributed by atoms with E-state index in [1.807, 2.05) is 35.2 Å². The molecule has 6 nitrogen and oxygen atoms in total. The Kier molecular flexibility index (Phi) is 10.1. The van der Waals surface area contributed by atoms with Crippen molar-refractivity contribution in [3.8, 4) is 0 Å². The molecular weight excluding hydrogens is 519 g/mol. The number of amides is 2. The minimum Gasteiger partial charge on any atom is -0.353 e. The van der Waals surface area contributed by atoms with Crippen molar-refractivity contribution >= 4 is 35.0 Å². The molecule has 0 atom stereocenters. The average Bonchev–Trinajstić information content (AvgIpc) is 2.90. The largest absolute Gasteiger partial charge is 0.353 e. The van der Waals surface area contributed by atoms with Crippen LogP contribution >= 0.6 is 23.2 Å². The first kappa shape index (κ1) is 28.9. The Balaban J connectivity index is 1.16. The first-order chi connectivity index (χ1) is 18.2. The summed E-state index contributed by atoms with van der Waals surface area (Å²) in [5.41, 5.74) is 2.55. The molecular formula is C30H40Cl2N4O2. The molecule has 8 heteroatoms. The maximum Gasteiger partial charge on any atom is 0.223 e. The van der Waals surface area contributed by atoms with Crippen molar-refractivity contribution in [1.29, 1.82) is 0 Å². The Hall–Kier alpha value is -2.12. The fourth-order valence-electron chi connectivity index (χ4n) is 5.79. The van der Waals surface area contributed by atoms with E-state index in [2.05, 4.69) is 47.4 Å². The van der Waals surface area contributed by atoms with Gasteiger partial charge in [-0.15, -0.1) is 0 Å². The highest BCUT2D eigenvalue weighted by Crippen LogP contribution is 2.35. The van der Waals surface area contributed by atoms with Crippen LogP contribution in [-0.4, -0.2) is 78.4 Å². The number of carbonyl (C=O) groups is 2. The van der Waals surface area contributed by atoms with Gasteiger partial charge in [0, 0.05) is 67.2 Å². The van der Waals surface area contributed by atoms with Gasteiger partial charge in [-0.25, -0.2) is 0 Å². The molecule has 206 valence electrons. The van der Waals surface area contributed by atoms with Crippen molar-refractivity contribution in [2.45, 2.75) is 63.1 Å². The lowest BCUT2D eigenvalue weighted by molar-refractivity contribution is -0.135.